The second-order valence-corrected chi connectivity index (χ2v) is 4.72. The van der Waals surface area contributed by atoms with E-state index in [1.54, 1.807) is 0 Å². The average molecular weight is 332 g/mol. The summed E-state index contributed by atoms with van der Waals surface area (Å²) in [4.78, 5) is 25.8. The van der Waals surface area contributed by atoms with Gasteiger partial charge in [0, 0.05) is 22.8 Å². The number of aromatic nitrogens is 4. The highest BCUT2D eigenvalue weighted by atomic mass is 32.2. The van der Waals surface area contributed by atoms with E-state index >= 15 is 0 Å². The molecule has 2 N–H and O–H groups in total. The smallest absolute Gasteiger partial charge is 0.305 e. The van der Waals surface area contributed by atoms with Crippen molar-refractivity contribution in [1.82, 2.24) is 25.1 Å². The number of para-hydroxylation sites is 1. The van der Waals surface area contributed by atoms with Crippen LogP contribution >= 0.6 is 0 Å². The molecule has 0 spiro atoms. The van der Waals surface area contributed by atoms with Crippen molar-refractivity contribution < 1.29 is 18.4 Å². The van der Waals surface area contributed by atoms with Crippen molar-refractivity contribution in [1.29, 1.82) is 0 Å². The number of Topliss-reactive ketones (excluding diaryl/α,β-unsaturated/α-hetero) is 1. The predicted octanol–water partition coefficient (Wildman–Crippen LogP) is 0.133. The zero-order chi connectivity index (χ0) is 16.7. The van der Waals surface area contributed by atoms with Gasteiger partial charge in [0.2, 0.25) is 0 Å². The van der Waals surface area contributed by atoms with Crippen molar-refractivity contribution in [3.8, 4) is 0 Å². The van der Waals surface area contributed by atoms with E-state index in [0.717, 1.165) is 11.7 Å². The van der Waals surface area contributed by atoms with E-state index in [9.17, 15) is 18.4 Å². The van der Waals surface area contributed by atoms with Crippen molar-refractivity contribution >= 4 is 33.9 Å². The van der Waals surface area contributed by atoms with Gasteiger partial charge in [0.25, 0.3) is 5.78 Å². The van der Waals surface area contributed by atoms with Gasteiger partial charge >= 0.3 is 5.91 Å². The Bertz CT molecular complexity index is 772. The molecule has 1 unspecified atom stereocenters. The number of fused-ring (bicyclic) bond motifs is 1. The molecule has 0 saturated carbocycles. The molecule has 118 valence electrons. The minimum Gasteiger partial charge on any atom is -0.755 e. The maximum Gasteiger partial charge on any atom is 0.305 e. The zero-order valence-electron chi connectivity index (χ0n) is 11.5. The number of H-pyrrole nitrogens is 1. The lowest BCUT2D eigenvalue weighted by Crippen LogP contribution is -2.32. The summed E-state index contributed by atoms with van der Waals surface area (Å²) in [5.41, 5.74) is 0.813. The molecule has 23 heavy (non-hydrogen) atoms. The van der Waals surface area contributed by atoms with Crippen LogP contribution in [0.15, 0.2) is 48.8 Å². The molecule has 10 heteroatoms. The normalized spacial score (nSPS) is 11.2. The van der Waals surface area contributed by atoms with Gasteiger partial charge in [-0.15, -0.1) is 0 Å². The molecule has 0 aliphatic carbocycles. The van der Waals surface area contributed by atoms with Crippen LogP contribution in [0.3, 0.4) is 0 Å². The SMILES string of the molecule is O=C(NS(=O)[O-])C(=O)c1cn[nH]n1.c1ccc2ncccc2c1. The Morgan fingerprint density at radius 3 is 2.57 bits per heavy atom. The third-order valence-corrected chi connectivity index (χ3v) is 2.89. The molecular formula is C13H10N5O4S-. The largest absolute Gasteiger partial charge is 0.755 e. The summed E-state index contributed by atoms with van der Waals surface area (Å²) < 4.78 is 21.3. The highest BCUT2D eigenvalue weighted by molar-refractivity contribution is 7.77. The lowest BCUT2D eigenvalue weighted by atomic mass is 10.2. The van der Waals surface area contributed by atoms with Gasteiger partial charge in [-0.05, 0) is 12.1 Å². The number of carbonyl (C=O) groups excluding carboxylic acids is 2. The number of hydrogen-bond acceptors (Lipinski definition) is 7. The fourth-order valence-electron chi connectivity index (χ4n) is 1.57. The van der Waals surface area contributed by atoms with E-state index in [-0.39, 0.29) is 5.69 Å². The molecule has 1 atom stereocenters. The van der Waals surface area contributed by atoms with Crippen LogP contribution in [0.5, 0.6) is 0 Å². The van der Waals surface area contributed by atoms with Crippen molar-refractivity contribution in [3.05, 3.63) is 54.5 Å². The minimum absolute atomic E-state index is 0.247. The fraction of sp³-hybridized carbons (Fsp3) is 0. The van der Waals surface area contributed by atoms with Crippen LogP contribution in [-0.4, -0.2) is 40.8 Å². The monoisotopic (exact) mass is 332 g/mol. The topological polar surface area (TPSA) is 141 Å². The lowest BCUT2D eigenvalue weighted by molar-refractivity contribution is -0.115. The molecule has 0 fully saturated rings. The molecule has 9 nitrogen and oxygen atoms in total. The zero-order valence-corrected chi connectivity index (χ0v) is 12.3. The predicted molar refractivity (Wildman–Crippen MR) is 79.5 cm³/mol. The summed E-state index contributed by atoms with van der Waals surface area (Å²) in [5.74, 6) is -2.35. The van der Waals surface area contributed by atoms with Crippen LogP contribution in [0.25, 0.3) is 10.9 Å². The van der Waals surface area contributed by atoms with Gasteiger partial charge in [-0.2, -0.15) is 15.4 Å². The summed E-state index contributed by atoms with van der Waals surface area (Å²) >= 11 is -2.81. The molecule has 0 saturated heterocycles. The van der Waals surface area contributed by atoms with Crippen LogP contribution < -0.4 is 4.72 Å². The van der Waals surface area contributed by atoms with Gasteiger partial charge in [-0.25, -0.2) is 0 Å². The van der Waals surface area contributed by atoms with Gasteiger partial charge in [0.05, 0.1) is 11.7 Å². The molecule has 0 radical (unpaired) electrons. The first-order valence-electron chi connectivity index (χ1n) is 6.18. The molecule has 3 aromatic rings. The van der Waals surface area contributed by atoms with Crippen LogP contribution in [0.4, 0.5) is 0 Å². The van der Waals surface area contributed by atoms with Crippen molar-refractivity contribution in [2.45, 2.75) is 0 Å². The van der Waals surface area contributed by atoms with Gasteiger partial charge in [0.1, 0.15) is 0 Å². The molecular weight excluding hydrogens is 322 g/mol. The summed E-state index contributed by atoms with van der Waals surface area (Å²) in [6, 6.07) is 12.1. The number of nitrogens with one attached hydrogen (secondary N) is 2. The van der Waals surface area contributed by atoms with Crippen molar-refractivity contribution in [2.24, 2.45) is 0 Å². The Balaban J connectivity index is 0.000000172. The van der Waals surface area contributed by atoms with E-state index in [0.29, 0.717) is 0 Å². The van der Waals surface area contributed by atoms with Crippen molar-refractivity contribution in [3.63, 3.8) is 0 Å². The molecule has 1 aromatic carbocycles. The maximum atomic E-state index is 10.9. The molecule has 2 aromatic heterocycles. The summed E-state index contributed by atoms with van der Waals surface area (Å²) in [6.07, 6.45) is 2.82. The molecule has 2 heterocycles. The number of amides is 1. The number of carbonyl (C=O) groups is 2. The number of pyridine rings is 1. The van der Waals surface area contributed by atoms with Gasteiger partial charge in [0.15, 0.2) is 5.69 Å². The summed E-state index contributed by atoms with van der Waals surface area (Å²) in [5, 5.41) is 9.87. The Kier molecular flexibility index (Phi) is 5.61. The quantitative estimate of drug-likeness (QED) is 0.394. The second-order valence-electron chi connectivity index (χ2n) is 4.05. The summed E-state index contributed by atoms with van der Waals surface area (Å²) in [6.45, 7) is 0. The van der Waals surface area contributed by atoms with E-state index in [1.165, 1.54) is 10.1 Å². The first-order chi connectivity index (χ1) is 11.1. The number of aromatic amines is 1. The van der Waals surface area contributed by atoms with E-state index < -0.39 is 23.0 Å². The maximum absolute atomic E-state index is 10.9. The first-order valence-corrected chi connectivity index (χ1v) is 7.25. The second kappa shape index (κ2) is 7.87. The standard InChI is InChI=1S/C9H7N.C4H4N4O4S/c1-2-6-9-8(4-1)5-3-7-10-9;9-3(2-1-5-8-6-2)4(10)7-13(11)12/h1-7H;1H,(H,7,10)(H,11,12)(H,5,6,8)/p-1. The molecule has 0 aliphatic heterocycles. The van der Waals surface area contributed by atoms with Crippen molar-refractivity contribution in [2.75, 3.05) is 0 Å². The molecule has 0 bridgehead atoms. The molecule has 0 aliphatic rings. The van der Waals surface area contributed by atoms with Crippen LogP contribution in [-0.2, 0) is 16.1 Å². The van der Waals surface area contributed by atoms with Crippen LogP contribution in [0, 0.1) is 0 Å². The molecule has 1 amide bonds. The van der Waals surface area contributed by atoms with Gasteiger partial charge in [-0.3, -0.25) is 23.5 Å². The van der Waals surface area contributed by atoms with Crippen LogP contribution in [0.1, 0.15) is 10.5 Å². The van der Waals surface area contributed by atoms with Gasteiger partial charge in [-0.1, -0.05) is 24.3 Å². The third kappa shape index (κ3) is 4.76. The Hall–Kier alpha value is -2.98. The van der Waals surface area contributed by atoms with E-state index in [2.05, 4.69) is 32.5 Å². The number of nitrogens with zero attached hydrogens (tertiary/aromatic N) is 3. The Morgan fingerprint density at radius 1 is 1.17 bits per heavy atom. The number of ketones is 1. The van der Waals surface area contributed by atoms with E-state index in [4.69, 9.17) is 0 Å². The van der Waals surface area contributed by atoms with Crippen LogP contribution in [0.2, 0.25) is 0 Å². The first kappa shape index (κ1) is 16.4. The summed E-state index contributed by atoms with van der Waals surface area (Å²) in [7, 11) is 0. The Labute approximate surface area is 132 Å². The third-order valence-electron chi connectivity index (χ3n) is 2.54. The highest BCUT2D eigenvalue weighted by Crippen LogP contribution is 2.07. The number of hydrogen-bond donors (Lipinski definition) is 2. The minimum atomic E-state index is -2.81. The van der Waals surface area contributed by atoms with E-state index in [1.807, 2.05) is 30.5 Å². The number of benzene rings is 1. The fourth-order valence-corrected chi connectivity index (χ4v) is 1.81. The number of rotatable bonds is 3. The Morgan fingerprint density at radius 2 is 1.91 bits per heavy atom. The average Bonchev–Trinajstić information content (AvgIpc) is 3.08. The van der Waals surface area contributed by atoms with Gasteiger partial charge < -0.3 is 4.55 Å². The molecule has 3 rings (SSSR count). The lowest BCUT2D eigenvalue weighted by Gasteiger charge is -2.03. The highest BCUT2D eigenvalue weighted by Gasteiger charge is 2.18.